The van der Waals surface area contributed by atoms with Gasteiger partial charge in [0.1, 0.15) is 0 Å². The lowest BCUT2D eigenvalue weighted by molar-refractivity contribution is -0.124. The number of amides is 3. The van der Waals surface area contributed by atoms with Crippen molar-refractivity contribution in [2.45, 2.75) is 37.8 Å². The molecule has 3 rings (SSSR count). The first kappa shape index (κ1) is 12.7. The van der Waals surface area contributed by atoms with E-state index < -0.39 is 0 Å². The molecule has 106 valence electrons. The van der Waals surface area contributed by atoms with Crippen LogP contribution >= 0.6 is 0 Å². The highest BCUT2D eigenvalue weighted by molar-refractivity contribution is 5.79. The van der Waals surface area contributed by atoms with Crippen molar-refractivity contribution in [3.63, 3.8) is 0 Å². The number of nitrogens with zero attached hydrogens (tertiary/aromatic N) is 1. The number of nitrogens with one attached hydrogen (secondary N) is 2. The number of urea groups is 1. The highest BCUT2D eigenvalue weighted by Gasteiger charge is 2.41. The van der Waals surface area contributed by atoms with Crippen LogP contribution in [-0.4, -0.2) is 55.2 Å². The van der Waals surface area contributed by atoms with Crippen LogP contribution in [0.4, 0.5) is 4.79 Å². The summed E-state index contributed by atoms with van der Waals surface area (Å²) in [6.45, 7) is 2.53. The summed E-state index contributed by atoms with van der Waals surface area (Å²) in [6.07, 6.45) is 3.59. The minimum absolute atomic E-state index is 0.0184. The van der Waals surface area contributed by atoms with Gasteiger partial charge >= 0.3 is 6.03 Å². The number of hydrogen-bond acceptors (Lipinski definition) is 3. The SMILES string of the molecule is O=C1CC[C@@H](NC(=O)N2CCOCC2)[C@H](C2CC2)N1. The van der Waals surface area contributed by atoms with E-state index in [1.165, 1.54) is 0 Å². The zero-order valence-corrected chi connectivity index (χ0v) is 11.1. The lowest BCUT2D eigenvalue weighted by Crippen LogP contribution is -2.59. The largest absolute Gasteiger partial charge is 0.378 e. The van der Waals surface area contributed by atoms with Gasteiger partial charge in [-0.25, -0.2) is 4.79 Å². The molecule has 6 heteroatoms. The number of carbonyl (C=O) groups is 2. The van der Waals surface area contributed by atoms with E-state index in [1.807, 2.05) is 0 Å². The Balaban J connectivity index is 1.57. The molecule has 0 spiro atoms. The van der Waals surface area contributed by atoms with Gasteiger partial charge in [-0.1, -0.05) is 0 Å². The number of ether oxygens (including phenoxy) is 1. The van der Waals surface area contributed by atoms with Gasteiger partial charge in [0, 0.05) is 19.5 Å². The van der Waals surface area contributed by atoms with Gasteiger partial charge in [0.2, 0.25) is 5.91 Å². The molecule has 19 heavy (non-hydrogen) atoms. The highest BCUT2D eigenvalue weighted by Crippen LogP contribution is 2.36. The van der Waals surface area contributed by atoms with Crippen LogP contribution in [0.25, 0.3) is 0 Å². The quantitative estimate of drug-likeness (QED) is 0.744. The third-order valence-corrected chi connectivity index (χ3v) is 4.18. The summed E-state index contributed by atoms with van der Waals surface area (Å²) in [7, 11) is 0. The molecule has 2 saturated heterocycles. The maximum Gasteiger partial charge on any atom is 0.317 e. The molecular formula is C13H21N3O3. The summed E-state index contributed by atoms with van der Waals surface area (Å²) >= 11 is 0. The summed E-state index contributed by atoms with van der Waals surface area (Å²) in [5.41, 5.74) is 0. The standard InChI is InChI=1S/C13H21N3O3/c17-11-4-3-10(12(15-11)9-1-2-9)14-13(18)16-5-7-19-8-6-16/h9-10,12H,1-8H2,(H,14,18)(H,15,17)/t10-,12+/m1/s1. The van der Waals surface area contributed by atoms with Crippen molar-refractivity contribution in [1.29, 1.82) is 0 Å². The third-order valence-electron chi connectivity index (χ3n) is 4.18. The van der Waals surface area contributed by atoms with Crippen molar-refractivity contribution >= 4 is 11.9 Å². The van der Waals surface area contributed by atoms with E-state index in [9.17, 15) is 9.59 Å². The van der Waals surface area contributed by atoms with E-state index in [-0.39, 0.29) is 24.0 Å². The lowest BCUT2D eigenvalue weighted by atomic mass is 9.94. The van der Waals surface area contributed by atoms with Gasteiger partial charge in [-0.15, -0.1) is 0 Å². The fraction of sp³-hybridized carbons (Fsp3) is 0.846. The lowest BCUT2D eigenvalue weighted by Gasteiger charge is -2.35. The van der Waals surface area contributed by atoms with Crippen molar-refractivity contribution in [3.05, 3.63) is 0 Å². The summed E-state index contributed by atoms with van der Waals surface area (Å²) < 4.78 is 5.24. The minimum atomic E-state index is -0.0184. The predicted octanol–water partition coefficient (Wildman–Crippen LogP) is 0.0854. The maximum atomic E-state index is 12.2. The van der Waals surface area contributed by atoms with Gasteiger partial charge in [0.25, 0.3) is 0 Å². The van der Waals surface area contributed by atoms with Crippen molar-refractivity contribution in [2.24, 2.45) is 5.92 Å². The Bertz CT molecular complexity index is 364. The molecular weight excluding hydrogens is 246 g/mol. The van der Waals surface area contributed by atoms with Gasteiger partial charge in [0.15, 0.2) is 0 Å². The first-order chi connectivity index (χ1) is 9.24. The smallest absolute Gasteiger partial charge is 0.317 e. The van der Waals surface area contributed by atoms with Crippen LogP contribution in [0, 0.1) is 5.92 Å². The molecule has 0 unspecified atom stereocenters. The van der Waals surface area contributed by atoms with E-state index in [0.717, 1.165) is 19.3 Å². The van der Waals surface area contributed by atoms with Gasteiger partial charge in [-0.05, 0) is 25.2 Å². The summed E-state index contributed by atoms with van der Waals surface area (Å²) in [6, 6.07) is 0.196. The normalized spacial score (nSPS) is 31.8. The zero-order chi connectivity index (χ0) is 13.2. The molecule has 2 atom stereocenters. The van der Waals surface area contributed by atoms with E-state index in [0.29, 0.717) is 38.6 Å². The number of hydrogen-bond donors (Lipinski definition) is 2. The van der Waals surface area contributed by atoms with Crippen molar-refractivity contribution in [1.82, 2.24) is 15.5 Å². The van der Waals surface area contributed by atoms with Crippen LogP contribution in [-0.2, 0) is 9.53 Å². The second kappa shape index (κ2) is 5.36. The van der Waals surface area contributed by atoms with Crippen LogP contribution in [0.15, 0.2) is 0 Å². The Hall–Kier alpha value is -1.30. The Morgan fingerprint density at radius 1 is 1.26 bits per heavy atom. The van der Waals surface area contributed by atoms with E-state index in [1.54, 1.807) is 4.90 Å². The van der Waals surface area contributed by atoms with Crippen molar-refractivity contribution < 1.29 is 14.3 Å². The van der Waals surface area contributed by atoms with Crippen LogP contribution in [0.5, 0.6) is 0 Å². The Morgan fingerprint density at radius 2 is 2.00 bits per heavy atom. The number of morpholine rings is 1. The second-order valence-corrected chi connectivity index (χ2v) is 5.62. The van der Waals surface area contributed by atoms with Gasteiger partial charge < -0.3 is 20.3 Å². The average molecular weight is 267 g/mol. The molecule has 1 saturated carbocycles. The zero-order valence-electron chi connectivity index (χ0n) is 11.1. The number of carbonyl (C=O) groups excluding carboxylic acids is 2. The average Bonchev–Trinajstić information content (AvgIpc) is 3.26. The molecule has 3 amide bonds. The topological polar surface area (TPSA) is 70.7 Å². The Kier molecular flexibility index (Phi) is 3.59. The Morgan fingerprint density at radius 3 is 2.68 bits per heavy atom. The molecule has 0 radical (unpaired) electrons. The molecule has 2 N–H and O–H groups in total. The van der Waals surface area contributed by atoms with Gasteiger partial charge in [0.05, 0.1) is 25.3 Å². The fourth-order valence-corrected chi connectivity index (χ4v) is 2.90. The molecule has 0 aromatic rings. The monoisotopic (exact) mass is 267 g/mol. The molecule has 3 fully saturated rings. The molecule has 2 aliphatic heterocycles. The molecule has 0 aromatic carbocycles. The van der Waals surface area contributed by atoms with Crippen LogP contribution in [0.2, 0.25) is 0 Å². The molecule has 3 aliphatic rings. The Labute approximate surface area is 112 Å². The van der Waals surface area contributed by atoms with Crippen LogP contribution in [0.1, 0.15) is 25.7 Å². The first-order valence-electron chi connectivity index (χ1n) is 7.16. The number of rotatable bonds is 2. The van der Waals surface area contributed by atoms with E-state index >= 15 is 0 Å². The number of piperidine rings is 1. The maximum absolute atomic E-state index is 12.2. The molecule has 6 nitrogen and oxygen atoms in total. The van der Waals surface area contributed by atoms with Crippen LogP contribution in [0.3, 0.4) is 0 Å². The van der Waals surface area contributed by atoms with Gasteiger partial charge in [-0.2, -0.15) is 0 Å². The summed E-state index contributed by atoms with van der Waals surface area (Å²) in [4.78, 5) is 25.5. The molecule has 0 bridgehead atoms. The molecule has 0 aromatic heterocycles. The highest BCUT2D eigenvalue weighted by atomic mass is 16.5. The minimum Gasteiger partial charge on any atom is -0.378 e. The summed E-state index contributed by atoms with van der Waals surface area (Å²) in [5, 5.41) is 6.14. The first-order valence-corrected chi connectivity index (χ1v) is 7.16. The van der Waals surface area contributed by atoms with E-state index in [4.69, 9.17) is 4.74 Å². The van der Waals surface area contributed by atoms with E-state index in [2.05, 4.69) is 10.6 Å². The van der Waals surface area contributed by atoms with Crippen molar-refractivity contribution in [3.8, 4) is 0 Å². The second-order valence-electron chi connectivity index (χ2n) is 5.62. The summed E-state index contributed by atoms with van der Waals surface area (Å²) in [5.74, 6) is 0.674. The molecule has 1 aliphatic carbocycles. The van der Waals surface area contributed by atoms with Gasteiger partial charge in [-0.3, -0.25) is 4.79 Å². The fourth-order valence-electron chi connectivity index (χ4n) is 2.90. The predicted molar refractivity (Wildman–Crippen MR) is 68.6 cm³/mol. The third kappa shape index (κ3) is 3.00. The molecule has 2 heterocycles. The van der Waals surface area contributed by atoms with Crippen LogP contribution < -0.4 is 10.6 Å². The van der Waals surface area contributed by atoms with Crippen molar-refractivity contribution in [2.75, 3.05) is 26.3 Å².